The highest BCUT2D eigenvalue weighted by Crippen LogP contribution is 2.24. The number of hydrogen-bond acceptors (Lipinski definition) is 5. The SMILES string of the molecule is CN(C)C1CCN(C(=O)c2cc(Cl)ncc2[N+](=O)[O-])C1. The number of carbonyl (C=O) groups is 1. The summed E-state index contributed by atoms with van der Waals surface area (Å²) in [6, 6.07) is 1.53. The molecular formula is C12H15ClN4O3. The Bertz CT molecular complexity index is 550. The average Bonchev–Trinajstić information content (AvgIpc) is 2.87. The van der Waals surface area contributed by atoms with Crippen LogP contribution in [-0.2, 0) is 0 Å². The molecule has 7 nitrogen and oxygen atoms in total. The zero-order chi connectivity index (χ0) is 14.9. The summed E-state index contributed by atoms with van der Waals surface area (Å²) in [5.41, 5.74) is -0.317. The van der Waals surface area contributed by atoms with Crippen molar-refractivity contribution in [1.82, 2.24) is 14.8 Å². The van der Waals surface area contributed by atoms with Crippen LogP contribution >= 0.6 is 11.6 Å². The molecule has 1 fully saturated rings. The number of nitro groups is 1. The minimum Gasteiger partial charge on any atom is -0.337 e. The van der Waals surface area contributed by atoms with Crippen molar-refractivity contribution in [3.63, 3.8) is 0 Å². The number of halogens is 1. The molecule has 1 aromatic heterocycles. The van der Waals surface area contributed by atoms with E-state index in [0.29, 0.717) is 13.1 Å². The van der Waals surface area contributed by atoms with Crippen LogP contribution in [0, 0.1) is 10.1 Å². The van der Waals surface area contributed by atoms with Crippen LogP contribution in [0.5, 0.6) is 0 Å². The molecule has 1 amide bonds. The van der Waals surface area contributed by atoms with Gasteiger partial charge in [0.05, 0.1) is 4.92 Å². The first-order valence-corrected chi connectivity index (χ1v) is 6.53. The standard InChI is InChI=1S/C12H15ClN4O3/c1-15(2)8-3-4-16(7-8)12(18)9-5-11(13)14-6-10(9)17(19)20/h5-6,8H,3-4,7H2,1-2H3. The number of amides is 1. The topological polar surface area (TPSA) is 79.6 Å². The van der Waals surface area contributed by atoms with Crippen LogP contribution in [0.2, 0.25) is 5.15 Å². The maximum atomic E-state index is 12.4. The van der Waals surface area contributed by atoms with Crippen molar-refractivity contribution in [2.45, 2.75) is 12.5 Å². The van der Waals surface area contributed by atoms with Gasteiger partial charge in [-0.15, -0.1) is 0 Å². The minimum atomic E-state index is -0.615. The molecule has 1 atom stereocenters. The monoisotopic (exact) mass is 298 g/mol. The lowest BCUT2D eigenvalue weighted by Crippen LogP contribution is -2.34. The van der Waals surface area contributed by atoms with E-state index in [-0.39, 0.29) is 28.4 Å². The van der Waals surface area contributed by atoms with Gasteiger partial charge in [0.15, 0.2) is 0 Å². The second-order valence-electron chi connectivity index (χ2n) is 4.94. The summed E-state index contributed by atoms with van der Waals surface area (Å²) < 4.78 is 0. The molecule has 0 aliphatic carbocycles. The minimum absolute atomic E-state index is 0.00518. The Kier molecular flexibility index (Phi) is 4.20. The number of aromatic nitrogens is 1. The van der Waals surface area contributed by atoms with E-state index < -0.39 is 4.92 Å². The van der Waals surface area contributed by atoms with Gasteiger partial charge in [0.2, 0.25) is 0 Å². The third kappa shape index (κ3) is 2.88. The van der Waals surface area contributed by atoms with E-state index in [2.05, 4.69) is 4.98 Å². The molecule has 20 heavy (non-hydrogen) atoms. The van der Waals surface area contributed by atoms with Crippen molar-refractivity contribution in [2.24, 2.45) is 0 Å². The van der Waals surface area contributed by atoms with E-state index in [0.717, 1.165) is 12.6 Å². The van der Waals surface area contributed by atoms with Gasteiger partial charge in [0.1, 0.15) is 16.9 Å². The molecule has 0 bridgehead atoms. The molecule has 1 aromatic rings. The Labute approximate surface area is 121 Å². The number of nitrogens with zero attached hydrogens (tertiary/aromatic N) is 4. The molecule has 0 aromatic carbocycles. The van der Waals surface area contributed by atoms with Gasteiger partial charge < -0.3 is 9.80 Å². The highest BCUT2D eigenvalue weighted by Gasteiger charge is 2.31. The lowest BCUT2D eigenvalue weighted by molar-refractivity contribution is -0.385. The van der Waals surface area contributed by atoms with Gasteiger partial charge in [-0.3, -0.25) is 14.9 Å². The molecule has 0 spiro atoms. The molecule has 108 valence electrons. The Balaban J connectivity index is 2.26. The number of pyridine rings is 1. The fourth-order valence-electron chi connectivity index (χ4n) is 2.26. The van der Waals surface area contributed by atoms with Crippen molar-refractivity contribution in [1.29, 1.82) is 0 Å². The quantitative estimate of drug-likeness (QED) is 0.479. The van der Waals surface area contributed by atoms with Gasteiger partial charge in [-0.05, 0) is 26.6 Å². The van der Waals surface area contributed by atoms with E-state index in [1.807, 2.05) is 19.0 Å². The molecule has 1 aliphatic heterocycles. The highest BCUT2D eigenvalue weighted by molar-refractivity contribution is 6.29. The lowest BCUT2D eigenvalue weighted by atomic mass is 10.2. The molecule has 0 radical (unpaired) electrons. The molecule has 1 saturated heterocycles. The van der Waals surface area contributed by atoms with Crippen molar-refractivity contribution in [3.8, 4) is 0 Å². The van der Waals surface area contributed by atoms with Crippen molar-refractivity contribution >= 4 is 23.2 Å². The van der Waals surface area contributed by atoms with E-state index in [9.17, 15) is 14.9 Å². The summed E-state index contributed by atoms with van der Waals surface area (Å²) in [4.78, 5) is 30.1. The fourth-order valence-corrected chi connectivity index (χ4v) is 2.42. The first kappa shape index (κ1) is 14.7. The predicted octanol–water partition coefficient (Wildman–Crippen LogP) is 1.42. The Hall–Kier alpha value is -1.73. The van der Waals surface area contributed by atoms with Crippen LogP contribution in [-0.4, -0.2) is 58.8 Å². The molecule has 2 heterocycles. The van der Waals surface area contributed by atoms with Gasteiger partial charge in [0, 0.05) is 19.1 Å². The van der Waals surface area contributed by atoms with Gasteiger partial charge >= 0.3 is 0 Å². The van der Waals surface area contributed by atoms with Crippen LogP contribution < -0.4 is 0 Å². The molecule has 2 rings (SSSR count). The summed E-state index contributed by atoms with van der Waals surface area (Å²) in [5.74, 6) is -0.370. The number of carbonyl (C=O) groups excluding carboxylic acids is 1. The molecule has 0 saturated carbocycles. The fraction of sp³-hybridized carbons (Fsp3) is 0.500. The number of likely N-dealkylation sites (tertiary alicyclic amines) is 1. The maximum absolute atomic E-state index is 12.4. The molecule has 1 unspecified atom stereocenters. The Morgan fingerprint density at radius 1 is 1.60 bits per heavy atom. The van der Waals surface area contributed by atoms with Gasteiger partial charge in [-0.1, -0.05) is 11.6 Å². The predicted molar refractivity (Wildman–Crippen MR) is 73.9 cm³/mol. The van der Waals surface area contributed by atoms with E-state index in [4.69, 9.17) is 11.6 Å². The second-order valence-corrected chi connectivity index (χ2v) is 5.33. The first-order valence-electron chi connectivity index (χ1n) is 6.15. The summed E-state index contributed by atoms with van der Waals surface area (Å²) in [6.45, 7) is 1.14. The zero-order valence-corrected chi connectivity index (χ0v) is 12.0. The molecular weight excluding hydrogens is 284 g/mol. The van der Waals surface area contributed by atoms with Crippen LogP contribution in [0.15, 0.2) is 12.3 Å². The van der Waals surface area contributed by atoms with E-state index in [1.54, 1.807) is 4.90 Å². The smallest absolute Gasteiger partial charge is 0.300 e. The van der Waals surface area contributed by atoms with Gasteiger partial charge in [-0.25, -0.2) is 4.98 Å². The van der Waals surface area contributed by atoms with Crippen LogP contribution in [0.1, 0.15) is 16.8 Å². The molecule has 0 N–H and O–H groups in total. The zero-order valence-electron chi connectivity index (χ0n) is 11.2. The maximum Gasteiger partial charge on any atom is 0.300 e. The van der Waals surface area contributed by atoms with Gasteiger partial charge in [-0.2, -0.15) is 0 Å². The van der Waals surface area contributed by atoms with Crippen LogP contribution in [0.25, 0.3) is 0 Å². The largest absolute Gasteiger partial charge is 0.337 e. The van der Waals surface area contributed by atoms with Gasteiger partial charge in [0.25, 0.3) is 11.6 Å². The van der Waals surface area contributed by atoms with E-state index >= 15 is 0 Å². The normalized spacial score (nSPS) is 18.6. The number of hydrogen-bond donors (Lipinski definition) is 0. The summed E-state index contributed by atoms with van der Waals surface area (Å²) in [5, 5.41) is 11.0. The number of rotatable bonds is 3. The summed E-state index contributed by atoms with van der Waals surface area (Å²) >= 11 is 5.74. The average molecular weight is 299 g/mol. The van der Waals surface area contributed by atoms with Crippen LogP contribution in [0.3, 0.4) is 0 Å². The third-order valence-corrected chi connectivity index (χ3v) is 3.66. The Morgan fingerprint density at radius 3 is 2.85 bits per heavy atom. The summed E-state index contributed by atoms with van der Waals surface area (Å²) in [7, 11) is 3.90. The third-order valence-electron chi connectivity index (χ3n) is 3.46. The van der Waals surface area contributed by atoms with Crippen molar-refractivity contribution in [2.75, 3.05) is 27.2 Å². The molecule has 8 heteroatoms. The first-order chi connectivity index (χ1) is 9.40. The highest BCUT2D eigenvalue weighted by atomic mass is 35.5. The van der Waals surface area contributed by atoms with Crippen molar-refractivity contribution in [3.05, 3.63) is 33.1 Å². The number of likely N-dealkylation sites (N-methyl/N-ethyl adjacent to an activating group) is 1. The molecule has 1 aliphatic rings. The second kappa shape index (κ2) is 5.72. The van der Waals surface area contributed by atoms with E-state index in [1.165, 1.54) is 6.07 Å². The Morgan fingerprint density at radius 2 is 2.30 bits per heavy atom. The lowest BCUT2D eigenvalue weighted by Gasteiger charge is -2.20. The van der Waals surface area contributed by atoms with Crippen LogP contribution in [0.4, 0.5) is 5.69 Å². The van der Waals surface area contributed by atoms with Crippen molar-refractivity contribution < 1.29 is 9.72 Å². The summed E-state index contributed by atoms with van der Waals surface area (Å²) in [6.07, 6.45) is 1.88.